The number of amides is 1. The Labute approximate surface area is 194 Å². The number of anilines is 1. The number of nitrogens with zero attached hydrogens (tertiary/aromatic N) is 3. The fourth-order valence-corrected chi connectivity index (χ4v) is 4.26. The molecule has 1 aliphatic heterocycles. The largest absolute Gasteiger partial charge is 0.504 e. The summed E-state index contributed by atoms with van der Waals surface area (Å²) < 4.78 is 6.89. The summed E-state index contributed by atoms with van der Waals surface area (Å²) in [6, 6.07) is 20.6. The van der Waals surface area contributed by atoms with Gasteiger partial charge in [0.15, 0.2) is 11.5 Å². The van der Waals surface area contributed by atoms with Crippen LogP contribution in [0.2, 0.25) is 0 Å². The highest BCUT2D eigenvalue weighted by Crippen LogP contribution is 2.45. The number of carbonyl (C=O) groups excluding carboxylic acids is 1. The van der Waals surface area contributed by atoms with Crippen LogP contribution in [-0.4, -0.2) is 32.8 Å². The molecule has 1 aliphatic rings. The second-order valence-electron chi connectivity index (χ2n) is 7.90. The Morgan fingerprint density at radius 3 is 2.53 bits per heavy atom. The summed E-state index contributed by atoms with van der Waals surface area (Å²) in [7, 11) is 1.47. The molecule has 34 heavy (non-hydrogen) atoms. The van der Waals surface area contributed by atoms with Crippen molar-refractivity contribution in [3.8, 4) is 28.4 Å². The average molecular weight is 456 g/mol. The smallest absolute Gasteiger partial charge is 0.269 e. The molecule has 9 heteroatoms. The van der Waals surface area contributed by atoms with Crippen molar-refractivity contribution in [2.75, 3.05) is 12.4 Å². The van der Waals surface area contributed by atoms with Crippen molar-refractivity contribution < 1.29 is 19.6 Å². The van der Waals surface area contributed by atoms with Crippen molar-refractivity contribution in [3.63, 3.8) is 0 Å². The van der Waals surface area contributed by atoms with Crippen LogP contribution >= 0.6 is 0 Å². The first kappa shape index (κ1) is 21.2. The van der Waals surface area contributed by atoms with Crippen LogP contribution in [-0.2, 0) is 4.79 Å². The molecule has 2 N–H and O–H groups in total. The zero-order valence-electron chi connectivity index (χ0n) is 18.1. The normalized spacial score (nSPS) is 14.9. The molecule has 0 saturated heterocycles. The van der Waals surface area contributed by atoms with Gasteiger partial charge in [-0.2, -0.15) is 5.10 Å². The molecule has 0 bridgehead atoms. The Hall–Kier alpha value is -4.66. The summed E-state index contributed by atoms with van der Waals surface area (Å²) >= 11 is 0. The molecule has 2 heterocycles. The van der Waals surface area contributed by atoms with E-state index in [0.717, 1.165) is 16.7 Å². The van der Waals surface area contributed by atoms with E-state index < -0.39 is 4.92 Å². The molecule has 0 fully saturated rings. The summed E-state index contributed by atoms with van der Waals surface area (Å²) in [6.07, 6.45) is 0.187. The summed E-state index contributed by atoms with van der Waals surface area (Å²) in [6.45, 7) is 0. The molecule has 1 atom stereocenters. The number of phenols is 1. The van der Waals surface area contributed by atoms with Crippen molar-refractivity contribution >= 4 is 17.4 Å². The third-order valence-electron chi connectivity index (χ3n) is 5.88. The van der Waals surface area contributed by atoms with Gasteiger partial charge in [0.1, 0.15) is 5.82 Å². The highest BCUT2D eigenvalue weighted by atomic mass is 16.6. The van der Waals surface area contributed by atoms with E-state index in [0.29, 0.717) is 22.9 Å². The van der Waals surface area contributed by atoms with Crippen LogP contribution in [0.15, 0.2) is 72.8 Å². The number of aromatic nitrogens is 2. The van der Waals surface area contributed by atoms with E-state index in [2.05, 4.69) is 5.32 Å². The standard InChI is InChI=1S/C25H20N4O5/c1-34-21-13-16(7-12-20(21)30)19-14-22(31)26-25-23(19)24(15-5-3-2-4-6-15)27-28(25)17-8-10-18(11-9-17)29(32)33/h2-13,19,30H,14H2,1H3,(H,26,31). The predicted octanol–water partition coefficient (Wildman–Crippen LogP) is 4.64. The zero-order valence-corrected chi connectivity index (χ0v) is 18.1. The Balaban J connectivity index is 1.73. The summed E-state index contributed by atoms with van der Waals surface area (Å²) in [4.78, 5) is 23.4. The Morgan fingerprint density at radius 2 is 1.85 bits per heavy atom. The fourth-order valence-electron chi connectivity index (χ4n) is 4.26. The molecule has 1 unspecified atom stereocenters. The number of carbonyl (C=O) groups is 1. The molecular formula is C25H20N4O5. The van der Waals surface area contributed by atoms with Gasteiger partial charge in [0.05, 0.1) is 23.4 Å². The number of nitro groups is 1. The SMILES string of the molecule is COc1cc(C2CC(=O)Nc3c2c(-c2ccccc2)nn3-c2ccc([N+](=O)[O-])cc2)ccc1O. The molecule has 170 valence electrons. The first-order chi connectivity index (χ1) is 16.5. The number of rotatable bonds is 5. The van der Waals surface area contributed by atoms with Crippen LogP contribution in [0.1, 0.15) is 23.5 Å². The molecule has 1 aromatic heterocycles. The minimum absolute atomic E-state index is 0.0107. The van der Waals surface area contributed by atoms with E-state index in [1.54, 1.807) is 35.0 Å². The number of benzene rings is 3. The summed E-state index contributed by atoms with van der Waals surface area (Å²) in [5.41, 5.74) is 3.71. The molecule has 3 aromatic carbocycles. The van der Waals surface area contributed by atoms with Gasteiger partial charge in [-0.3, -0.25) is 14.9 Å². The van der Waals surface area contributed by atoms with Crippen LogP contribution in [0.5, 0.6) is 11.5 Å². The van der Waals surface area contributed by atoms with Gasteiger partial charge < -0.3 is 15.2 Å². The van der Waals surface area contributed by atoms with Crippen LogP contribution in [0.25, 0.3) is 16.9 Å². The third kappa shape index (κ3) is 3.62. The van der Waals surface area contributed by atoms with Crippen LogP contribution < -0.4 is 10.1 Å². The second kappa shape index (κ2) is 8.36. The predicted molar refractivity (Wildman–Crippen MR) is 125 cm³/mol. The molecule has 1 amide bonds. The molecule has 0 saturated carbocycles. The van der Waals surface area contributed by atoms with Crippen molar-refractivity contribution in [3.05, 3.63) is 94.0 Å². The maximum atomic E-state index is 12.8. The molecule has 5 rings (SSSR count). The maximum Gasteiger partial charge on any atom is 0.269 e. The lowest BCUT2D eigenvalue weighted by Crippen LogP contribution is -2.24. The lowest BCUT2D eigenvalue weighted by molar-refractivity contribution is -0.384. The van der Waals surface area contributed by atoms with E-state index in [1.165, 1.54) is 19.2 Å². The Kier molecular flexibility index (Phi) is 5.21. The quantitative estimate of drug-likeness (QED) is 0.334. The van der Waals surface area contributed by atoms with Gasteiger partial charge >= 0.3 is 0 Å². The number of nitro benzene ring substituents is 1. The van der Waals surface area contributed by atoms with E-state index in [1.807, 2.05) is 30.3 Å². The Morgan fingerprint density at radius 1 is 1.12 bits per heavy atom. The van der Waals surface area contributed by atoms with Gasteiger partial charge in [0.2, 0.25) is 5.91 Å². The number of nitrogens with one attached hydrogen (secondary N) is 1. The molecule has 0 aliphatic carbocycles. The first-order valence-electron chi connectivity index (χ1n) is 10.6. The summed E-state index contributed by atoms with van der Waals surface area (Å²) in [5, 5.41) is 28.9. The van der Waals surface area contributed by atoms with Crippen LogP contribution in [0.4, 0.5) is 11.5 Å². The van der Waals surface area contributed by atoms with Crippen molar-refractivity contribution in [1.29, 1.82) is 0 Å². The number of hydrogen-bond donors (Lipinski definition) is 2. The zero-order chi connectivity index (χ0) is 23.8. The molecule has 0 radical (unpaired) electrons. The first-order valence-corrected chi connectivity index (χ1v) is 10.6. The van der Waals surface area contributed by atoms with Crippen molar-refractivity contribution in [2.45, 2.75) is 12.3 Å². The van der Waals surface area contributed by atoms with Crippen molar-refractivity contribution in [2.24, 2.45) is 0 Å². The second-order valence-corrected chi connectivity index (χ2v) is 7.90. The van der Waals surface area contributed by atoms with Gasteiger partial charge in [-0.15, -0.1) is 0 Å². The minimum atomic E-state index is -0.465. The number of methoxy groups -OCH3 is 1. The number of phenolic OH excluding ortho intramolecular Hbond substituents is 1. The number of ether oxygens (including phenoxy) is 1. The highest BCUT2D eigenvalue weighted by molar-refractivity contribution is 5.96. The van der Waals surface area contributed by atoms with E-state index in [9.17, 15) is 20.0 Å². The van der Waals surface area contributed by atoms with Crippen LogP contribution in [0.3, 0.4) is 0 Å². The lowest BCUT2D eigenvalue weighted by atomic mass is 9.84. The Bertz CT molecular complexity index is 1400. The van der Waals surface area contributed by atoms with E-state index >= 15 is 0 Å². The number of hydrogen-bond acceptors (Lipinski definition) is 6. The van der Waals surface area contributed by atoms with Gasteiger partial charge in [-0.1, -0.05) is 36.4 Å². The minimum Gasteiger partial charge on any atom is -0.504 e. The van der Waals surface area contributed by atoms with Gasteiger partial charge in [0, 0.05) is 35.6 Å². The summed E-state index contributed by atoms with van der Waals surface area (Å²) in [5.74, 6) is 0.291. The number of non-ortho nitro benzene ring substituents is 1. The van der Waals surface area contributed by atoms with Crippen molar-refractivity contribution in [1.82, 2.24) is 9.78 Å². The highest BCUT2D eigenvalue weighted by Gasteiger charge is 2.34. The fraction of sp³-hybridized carbons (Fsp3) is 0.120. The topological polar surface area (TPSA) is 120 Å². The van der Waals surface area contributed by atoms with Gasteiger partial charge in [-0.05, 0) is 29.8 Å². The lowest BCUT2D eigenvalue weighted by Gasteiger charge is -2.25. The van der Waals surface area contributed by atoms with Crippen LogP contribution in [0, 0.1) is 10.1 Å². The maximum absolute atomic E-state index is 12.8. The van der Waals surface area contributed by atoms with E-state index in [4.69, 9.17) is 9.84 Å². The van der Waals surface area contributed by atoms with Gasteiger partial charge in [-0.25, -0.2) is 4.68 Å². The monoisotopic (exact) mass is 456 g/mol. The third-order valence-corrected chi connectivity index (χ3v) is 5.88. The number of aromatic hydroxyl groups is 1. The molecule has 9 nitrogen and oxygen atoms in total. The average Bonchev–Trinajstić information content (AvgIpc) is 3.24. The molecule has 0 spiro atoms. The number of fused-ring (bicyclic) bond motifs is 1. The van der Waals surface area contributed by atoms with Gasteiger partial charge in [0.25, 0.3) is 5.69 Å². The molecule has 4 aromatic rings. The molecular weight excluding hydrogens is 436 g/mol. The van der Waals surface area contributed by atoms with E-state index in [-0.39, 0.29) is 29.7 Å².